The topological polar surface area (TPSA) is 189 Å². The van der Waals surface area contributed by atoms with Crippen LogP contribution in [0.25, 0.3) is 6.08 Å². The second kappa shape index (κ2) is 34.4. The van der Waals surface area contributed by atoms with Crippen molar-refractivity contribution in [3.63, 3.8) is 0 Å². The molecule has 22 heteroatoms. The second-order valence-corrected chi connectivity index (χ2v) is 20.6. The molecule has 0 saturated carbocycles. The van der Waals surface area contributed by atoms with Gasteiger partial charge in [0.25, 0.3) is 0 Å². The number of hydrogen-bond acceptors (Lipinski definition) is 14. The van der Waals surface area contributed by atoms with Gasteiger partial charge in [0.05, 0.1) is 19.5 Å². The summed E-state index contributed by atoms with van der Waals surface area (Å²) in [6, 6.07) is 8.57. The number of carbonyl (C=O) groups is 2. The number of aryl methyl sites for hydroxylation is 6. The minimum absolute atomic E-state index is 0. The predicted molar refractivity (Wildman–Crippen MR) is 263 cm³/mol. The van der Waals surface area contributed by atoms with Crippen molar-refractivity contribution in [1.82, 2.24) is 29.9 Å². The van der Waals surface area contributed by atoms with Gasteiger partial charge < -0.3 is 23.6 Å². The Bertz CT molecular complexity index is 2330. The van der Waals surface area contributed by atoms with E-state index in [-0.39, 0.29) is 74.9 Å². The average Bonchev–Trinajstić information content (AvgIpc) is 3.96. The number of aromatic nitrogens is 6. The normalized spacial score (nSPS) is 14.2. The summed E-state index contributed by atoms with van der Waals surface area (Å²) in [5.41, 5.74) is 7.03. The van der Waals surface area contributed by atoms with Gasteiger partial charge in [0, 0.05) is 81.0 Å². The summed E-state index contributed by atoms with van der Waals surface area (Å²) in [7, 11) is 0.716. The van der Waals surface area contributed by atoms with E-state index in [1.54, 1.807) is 20.8 Å². The molecular formula is C52H70F6KN6O8P. The third-order valence-corrected chi connectivity index (χ3v) is 12.8. The standard InChI is InChI=1S/C21H22F3N3O.C17H26NO4P.C6H5F3N2O.C4H8O.C4H9O.K/c22-21(23,24)20-25-13-15(14-26-20)9-12-18(28)7-3-2-6-17-11-10-16-5-1-4-8-19(16)27-17;1-21-23(20,22-2)13-16(19)9-5-4-8-15-12-11-14-7-3-6-10-17(14)18-15;1-12-4-2-10-5(11-3-4)6(7,8)9;1-2-4-5-3-1;1-4(2,3)5;/h9-14H,1-8H2;11-12H,3-10,13H2,1-2H3;2-3H,1H3;1-4H2;1-3H3;/q;;;;-1;+1/b12-9+;;;;;. The van der Waals surface area contributed by atoms with Crippen LogP contribution in [0.15, 0.2) is 55.1 Å². The summed E-state index contributed by atoms with van der Waals surface area (Å²) in [5, 5.41) is 10.1. The van der Waals surface area contributed by atoms with Crippen molar-refractivity contribution in [1.29, 1.82) is 0 Å². The van der Waals surface area contributed by atoms with Crippen LogP contribution in [0.2, 0.25) is 0 Å². The molecule has 0 bridgehead atoms. The third-order valence-electron chi connectivity index (χ3n) is 11.0. The molecule has 3 aliphatic rings. The summed E-state index contributed by atoms with van der Waals surface area (Å²) in [4.78, 5) is 45.9. The molecule has 1 fully saturated rings. The average molecular weight is 1090 g/mol. The van der Waals surface area contributed by atoms with E-state index < -0.39 is 37.2 Å². The molecule has 0 radical (unpaired) electrons. The zero-order chi connectivity index (χ0) is 53.9. The van der Waals surface area contributed by atoms with E-state index in [1.165, 1.54) is 94.5 Å². The van der Waals surface area contributed by atoms with Gasteiger partial charge >= 0.3 is 71.3 Å². The molecule has 0 atom stereocenters. The van der Waals surface area contributed by atoms with Crippen molar-refractivity contribution in [3.05, 3.63) is 106 Å². The number of carbonyl (C=O) groups excluding carboxylic acids is 2. The van der Waals surface area contributed by atoms with Crippen LogP contribution in [0.4, 0.5) is 26.3 Å². The molecule has 7 rings (SSSR count). The molecule has 404 valence electrons. The van der Waals surface area contributed by atoms with Crippen molar-refractivity contribution < 1.29 is 116 Å². The molecular weight excluding hydrogens is 1020 g/mol. The Morgan fingerprint density at radius 3 is 1.50 bits per heavy atom. The number of fused-ring (bicyclic) bond motifs is 2. The van der Waals surface area contributed by atoms with E-state index in [0.29, 0.717) is 18.4 Å². The number of methoxy groups -OCH3 is 1. The van der Waals surface area contributed by atoms with Gasteiger partial charge in [-0.3, -0.25) is 24.1 Å². The van der Waals surface area contributed by atoms with Crippen LogP contribution in [0, 0.1) is 0 Å². The molecule has 5 heterocycles. The number of rotatable bonds is 17. The number of unbranched alkanes of at least 4 members (excludes halogenated alkanes) is 2. The van der Waals surface area contributed by atoms with Gasteiger partial charge in [-0.2, -0.15) is 26.3 Å². The van der Waals surface area contributed by atoms with Crippen LogP contribution in [0.3, 0.4) is 0 Å². The smallest absolute Gasteiger partial charge is 0.850 e. The number of hydrogen-bond donors (Lipinski definition) is 0. The molecule has 0 N–H and O–H groups in total. The summed E-state index contributed by atoms with van der Waals surface area (Å²) >= 11 is 0. The molecule has 4 aromatic rings. The fraction of sp³-hybridized carbons (Fsp3) is 0.577. The maximum Gasteiger partial charge on any atom is 1.00 e. The molecule has 4 aromatic heterocycles. The summed E-state index contributed by atoms with van der Waals surface area (Å²) < 4.78 is 104. The Balaban J connectivity index is 0.000000362. The first-order chi connectivity index (χ1) is 34.5. The molecule has 1 aliphatic heterocycles. The monoisotopic (exact) mass is 1090 g/mol. The molecule has 74 heavy (non-hydrogen) atoms. The van der Waals surface area contributed by atoms with Crippen LogP contribution in [0.5, 0.6) is 5.75 Å². The molecule has 0 aromatic carbocycles. The largest absolute Gasteiger partial charge is 1.00 e. The SMILES string of the molecule is C1CCOC1.CC(C)(C)[O-].COP(=O)(CC(=O)CCCCc1ccc2c(n1)CCCC2)OC.COc1cnc(C(F)(F)F)nc1.O=C(/C=C/c1cnc(C(F)(F)F)nc1)CCCCc1ccc2c(n1)CCCC2.[K+]. The van der Waals surface area contributed by atoms with Crippen molar-refractivity contribution >= 4 is 25.2 Å². The van der Waals surface area contributed by atoms with Gasteiger partial charge in [0.15, 0.2) is 11.5 Å². The van der Waals surface area contributed by atoms with Crippen molar-refractivity contribution in [2.24, 2.45) is 0 Å². The number of ketones is 2. The first-order valence-electron chi connectivity index (χ1n) is 24.5. The number of alkyl halides is 6. The Labute approximate surface area is 474 Å². The van der Waals surface area contributed by atoms with Gasteiger partial charge in [-0.05, 0) is 138 Å². The second-order valence-electron chi connectivity index (χ2n) is 18.3. The summed E-state index contributed by atoms with van der Waals surface area (Å²) in [6.07, 6.45) is 15.4. The number of ether oxygens (including phenoxy) is 2. The number of allylic oxidation sites excluding steroid dienone is 1. The fourth-order valence-electron chi connectivity index (χ4n) is 7.19. The minimum Gasteiger partial charge on any atom is -0.850 e. The molecule has 0 unspecified atom stereocenters. The number of pyridine rings is 2. The van der Waals surface area contributed by atoms with Crippen molar-refractivity contribution in [2.45, 2.75) is 154 Å². The number of Topliss-reactive ketones (excluding diaryl/α,β-unsaturated/α-hetero) is 1. The van der Waals surface area contributed by atoms with Gasteiger partial charge in [-0.1, -0.05) is 32.9 Å². The number of nitrogens with zero attached hydrogens (tertiary/aromatic N) is 6. The van der Waals surface area contributed by atoms with E-state index in [9.17, 15) is 45.6 Å². The Morgan fingerprint density at radius 2 is 1.09 bits per heavy atom. The minimum atomic E-state index is -4.56. The number of halogens is 6. The molecule has 2 aliphatic carbocycles. The first kappa shape index (κ1) is 66.7. The summed E-state index contributed by atoms with van der Waals surface area (Å²) in [6.45, 7) is 6.90. The van der Waals surface area contributed by atoms with Crippen LogP contribution in [-0.4, -0.2) is 87.8 Å². The predicted octanol–water partition coefficient (Wildman–Crippen LogP) is 7.94. The molecule has 14 nitrogen and oxygen atoms in total. The van der Waals surface area contributed by atoms with Gasteiger partial charge in [0.1, 0.15) is 11.9 Å². The van der Waals surface area contributed by atoms with E-state index in [4.69, 9.17) is 23.8 Å². The Kier molecular flexibility index (Phi) is 31.0. The fourth-order valence-corrected chi connectivity index (χ4v) is 8.18. The quantitative estimate of drug-likeness (QED) is 0.0326. The first-order valence-corrected chi connectivity index (χ1v) is 26.2. The maximum atomic E-state index is 12.4. The maximum absolute atomic E-state index is 12.4. The molecule has 0 amide bonds. The Hall–Kier alpha value is -3.37. The van der Waals surface area contributed by atoms with E-state index in [1.807, 2.05) is 0 Å². The van der Waals surface area contributed by atoms with Gasteiger partial charge in [0.2, 0.25) is 11.6 Å². The zero-order valence-electron chi connectivity index (χ0n) is 43.8. The molecule has 1 saturated heterocycles. The Morgan fingerprint density at radius 1 is 0.662 bits per heavy atom. The molecule has 0 spiro atoms. The summed E-state index contributed by atoms with van der Waals surface area (Å²) in [5.74, 6) is -2.30. The van der Waals surface area contributed by atoms with Crippen molar-refractivity contribution in [3.8, 4) is 5.75 Å². The zero-order valence-corrected chi connectivity index (χ0v) is 47.8. The van der Waals surface area contributed by atoms with Crippen LogP contribution in [-0.2, 0) is 78.8 Å². The van der Waals surface area contributed by atoms with E-state index >= 15 is 0 Å². The van der Waals surface area contributed by atoms with Gasteiger partial charge in [-0.15, -0.1) is 5.60 Å². The van der Waals surface area contributed by atoms with Crippen LogP contribution >= 0.6 is 7.60 Å². The van der Waals surface area contributed by atoms with E-state index in [2.05, 4.69) is 48.9 Å². The van der Waals surface area contributed by atoms with Crippen LogP contribution in [0.1, 0.15) is 149 Å². The van der Waals surface area contributed by atoms with E-state index in [0.717, 1.165) is 114 Å². The van der Waals surface area contributed by atoms with Crippen LogP contribution < -0.4 is 61.2 Å². The van der Waals surface area contributed by atoms with Crippen molar-refractivity contribution in [2.75, 3.05) is 40.7 Å². The third kappa shape index (κ3) is 28.1. The van der Waals surface area contributed by atoms with Gasteiger partial charge in [-0.25, -0.2) is 19.9 Å².